The SMILES string of the molecule is CC(C)(C)OC(=O)N1CCN(C2=CC(O)Nc3cc(Br)c(Cl)cc32)CC1. The fraction of sp³-hybridized carbons (Fsp3) is 0.500. The van der Waals surface area contributed by atoms with Gasteiger partial charge in [-0.3, -0.25) is 0 Å². The molecule has 2 heterocycles. The number of fused-ring (bicyclic) bond motifs is 1. The zero-order valence-electron chi connectivity index (χ0n) is 15.1. The van der Waals surface area contributed by atoms with Crippen molar-refractivity contribution in [2.75, 3.05) is 31.5 Å². The van der Waals surface area contributed by atoms with Crippen molar-refractivity contribution in [1.29, 1.82) is 0 Å². The summed E-state index contributed by atoms with van der Waals surface area (Å²) >= 11 is 9.67. The molecule has 1 amide bonds. The zero-order valence-corrected chi connectivity index (χ0v) is 17.4. The van der Waals surface area contributed by atoms with Crippen LogP contribution in [0.4, 0.5) is 10.5 Å². The number of nitrogens with zero attached hydrogens (tertiary/aromatic N) is 2. The van der Waals surface area contributed by atoms with Crippen molar-refractivity contribution < 1.29 is 14.6 Å². The van der Waals surface area contributed by atoms with Gasteiger partial charge in [0.15, 0.2) is 0 Å². The Morgan fingerprint density at radius 2 is 1.96 bits per heavy atom. The van der Waals surface area contributed by atoms with Crippen LogP contribution in [0.2, 0.25) is 5.02 Å². The maximum atomic E-state index is 12.2. The lowest BCUT2D eigenvalue weighted by Gasteiger charge is -2.39. The fourth-order valence-electron chi connectivity index (χ4n) is 3.05. The molecule has 2 N–H and O–H groups in total. The number of halogens is 2. The van der Waals surface area contributed by atoms with Gasteiger partial charge in [-0.15, -0.1) is 0 Å². The Labute approximate surface area is 166 Å². The molecule has 0 aromatic heterocycles. The number of aliphatic hydroxyl groups is 1. The number of carbonyl (C=O) groups is 1. The van der Waals surface area contributed by atoms with E-state index in [0.717, 1.165) is 21.4 Å². The highest BCUT2D eigenvalue weighted by Crippen LogP contribution is 2.37. The van der Waals surface area contributed by atoms with Crippen molar-refractivity contribution >= 4 is 45.0 Å². The van der Waals surface area contributed by atoms with Gasteiger partial charge in [0, 0.05) is 47.6 Å². The standard InChI is InChI=1S/C18H23BrClN3O3/c1-18(2,3)26-17(25)23-6-4-22(5-7-23)15-10-16(24)21-14-9-12(19)13(20)8-11(14)15/h8-10,16,21,24H,4-7H2,1-3H3. The summed E-state index contributed by atoms with van der Waals surface area (Å²) in [5, 5.41) is 13.8. The molecule has 1 aromatic carbocycles. The Balaban J connectivity index is 1.74. The third-order valence-corrected chi connectivity index (χ3v) is 5.42. The summed E-state index contributed by atoms with van der Waals surface area (Å²) in [5.74, 6) is 0. The van der Waals surface area contributed by atoms with E-state index in [-0.39, 0.29) is 6.09 Å². The summed E-state index contributed by atoms with van der Waals surface area (Å²) in [6.07, 6.45) is 0.716. The maximum absolute atomic E-state index is 12.2. The molecule has 1 atom stereocenters. The minimum atomic E-state index is -0.769. The summed E-state index contributed by atoms with van der Waals surface area (Å²) < 4.78 is 6.21. The van der Waals surface area contributed by atoms with Crippen LogP contribution in [0.3, 0.4) is 0 Å². The molecular formula is C18H23BrClN3O3. The predicted octanol–water partition coefficient (Wildman–Crippen LogP) is 3.74. The van der Waals surface area contributed by atoms with Gasteiger partial charge in [-0.05, 0) is 54.9 Å². The Kier molecular flexibility index (Phi) is 5.42. The third-order valence-electron chi connectivity index (χ3n) is 4.23. The second-order valence-corrected chi connectivity index (χ2v) is 8.67. The summed E-state index contributed by atoms with van der Waals surface area (Å²) in [4.78, 5) is 16.1. The van der Waals surface area contributed by atoms with Gasteiger partial charge in [-0.25, -0.2) is 4.79 Å². The molecule has 6 nitrogen and oxygen atoms in total. The first-order valence-electron chi connectivity index (χ1n) is 8.53. The summed E-state index contributed by atoms with van der Waals surface area (Å²) in [6, 6.07) is 3.75. The smallest absolute Gasteiger partial charge is 0.410 e. The molecule has 0 radical (unpaired) electrons. The molecule has 0 aliphatic carbocycles. The first-order valence-corrected chi connectivity index (χ1v) is 9.70. The molecule has 1 unspecified atom stereocenters. The number of amides is 1. The lowest BCUT2D eigenvalue weighted by Crippen LogP contribution is -2.49. The molecular weight excluding hydrogens is 422 g/mol. The van der Waals surface area contributed by atoms with Crippen LogP contribution >= 0.6 is 27.5 Å². The number of anilines is 1. The minimum Gasteiger partial charge on any atom is -0.444 e. The number of hydrogen-bond donors (Lipinski definition) is 2. The first-order chi connectivity index (χ1) is 12.1. The molecule has 3 rings (SSSR count). The molecule has 1 aromatic rings. The van der Waals surface area contributed by atoms with Gasteiger partial charge in [0.1, 0.15) is 11.8 Å². The van der Waals surface area contributed by atoms with E-state index in [9.17, 15) is 9.90 Å². The second-order valence-electron chi connectivity index (χ2n) is 7.41. The van der Waals surface area contributed by atoms with Crippen molar-refractivity contribution in [3.63, 3.8) is 0 Å². The number of piperazine rings is 1. The van der Waals surface area contributed by atoms with E-state index >= 15 is 0 Å². The lowest BCUT2D eigenvalue weighted by atomic mass is 10.0. The average Bonchev–Trinajstić information content (AvgIpc) is 2.54. The van der Waals surface area contributed by atoms with E-state index in [1.807, 2.05) is 32.9 Å². The largest absolute Gasteiger partial charge is 0.444 e. The maximum Gasteiger partial charge on any atom is 0.410 e. The number of carbonyl (C=O) groups excluding carboxylic acids is 1. The Morgan fingerprint density at radius 1 is 1.31 bits per heavy atom. The number of hydrogen-bond acceptors (Lipinski definition) is 5. The summed E-state index contributed by atoms with van der Waals surface area (Å²) in [5.41, 5.74) is 2.18. The predicted molar refractivity (Wildman–Crippen MR) is 106 cm³/mol. The van der Waals surface area contributed by atoms with E-state index in [1.165, 1.54) is 0 Å². The molecule has 1 saturated heterocycles. The van der Waals surface area contributed by atoms with Crippen LogP contribution in [0.25, 0.3) is 5.70 Å². The Bertz CT molecular complexity index is 740. The van der Waals surface area contributed by atoms with Crippen LogP contribution in [-0.4, -0.2) is 59.0 Å². The topological polar surface area (TPSA) is 65.0 Å². The number of ether oxygens (including phenoxy) is 1. The first kappa shape index (κ1) is 19.3. The normalized spacial score (nSPS) is 20.2. The van der Waals surface area contributed by atoms with E-state index in [0.29, 0.717) is 31.2 Å². The van der Waals surface area contributed by atoms with Gasteiger partial charge < -0.3 is 25.0 Å². The highest BCUT2D eigenvalue weighted by Gasteiger charge is 2.29. The average molecular weight is 445 g/mol. The van der Waals surface area contributed by atoms with Gasteiger partial charge in [-0.1, -0.05) is 11.6 Å². The molecule has 0 spiro atoms. The minimum absolute atomic E-state index is 0.288. The summed E-state index contributed by atoms with van der Waals surface area (Å²) in [7, 11) is 0. The summed E-state index contributed by atoms with van der Waals surface area (Å²) in [6.45, 7) is 8.03. The van der Waals surface area contributed by atoms with Gasteiger partial charge in [-0.2, -0.15) is 0 Å². The Hall–Kier alpha value is -1.44. The van der Waals surface area contributed by atoms with Crippen LogP contribution < -0.4 is 5.32 Å². The van der Waals surface area contributed by atoms with Gasteiger partial charge in [0.2, 0.25) is 0 Å². The van der Waals surface area contributed by atoms with Crippen LogP contribution in [0.15, 0.2) is 22.7 Å². The van der Waals surface area contributed by atoms with Crippen molar-refractivity contribution in [3.05, 3.63) is 33.3 Å². The van der Waals surface area contributed by atoms with E-state index in [1.54, 1.807) is 11.0 Å². The zero-order chi connectivity index (χ0) is 19.1. The van der Waals surface area contributed by atoms with E-state index < -0.39 is 11.8 Å². The van der Waals surface area contributed by atoms with Crippen molar-refractivity contribution in [2.45, 2.75) is 32.6 Å². The van der Waals surface area contributed by atoms with Crippen molar-refractivity contribution in [3.8, 4) is 0 Å². The number of aliphatic hydroxyl groups excluding tert-OH is 1. The van der Waals surface area contributed by atoms with E-state index in [2.05, 4.69) is 26.1 Å². The lowest BCUT2D eigenvalue weighted by molar-refractivity contribution is 0.0181. The number of benzene rings is 1. The van der Waals surface area contributed by atoms with Crippen LogP contribution in [0.1, 0.15) is 26.3 Å². The second kappa shape index (κ2) is 7.29. The quantitative estimate of drug-likeness (QED) is 0.691. The molecule has 0 saturated carbocycles. The van der Waals surface area contributed by atoms with Crippen LogP contribution in [0, 0.1) is 0 Å². The highest BCUT2D eigenvalue weighted by molar-refractivity contribution is 9.10. The fourth-order valence-corrected chi connectivity index (χ4v) is 3.56. The molecule has 0 bridgehead atoms. The molecule has 2 aliphatic heterocycles. The van der Waals surface area contributed by atoms with Gasteiger partial charge in [0.05, 0.1) is 5.02 Å². The van der Waals surface area contributed by atoms with Crippen molar-refractivity contribution in [2.24, 2.45) is 0 Å². The molecule has 1 fully saturated rings. The highest BCUT2D eigenvalue weighted by atomic mass is 79.9. The third kappa shape index (κ3) is 4.27. The van der Waals surface area contributed by atoms with E-state index in [4.69, 9.17) is 16.3 Å². The number of rotatable bonds is 1. The van der Waals surface area contributed by atoms with Crippen LogP contribution in [-0.2, 0) is 4.74 Å². The molecule has 2 aliphatic rings. The molecule has 142 valence electrons. The Morgan fingerprint density at radius 3 is 2.58 bits per heavy atom. The monoisotopic (exact) mass is 443 g/mol. The van der Waals surface area contributed by atoms with Gasteiger partial charge in [0.25, 0.3) is 0 Å². The molecule has 8 heteroatoms. The molecule has 26 heavy (non-hydrogen) atoms. The van der Waals surface area contributed by atoms with Gasteiger partial charge >= 0.3 is 6.09 Å². The number of nitrogens with one attached hydrogen (secondary N) is 1. The van der Waals surface area contributed by atoms with Crippen molar-refractivity contribution in [1.82, 2.24) is 9.80 Å². The van der Waals surface area contributed by atoms with Crippen LogP contribution in [0.5, 0.6) is 0 Å².